The Morgan fingerprint density at radius 3 is 2.56 bits per heavy atom. The van der Waals surface area contributed by atoms with Gasteiger partial charge in [0.25, 0.3) is 0 Å². The van der Waals surface area contributed by atoms with Crippen LogP contribution in [0, 0.1) is 5.92 Å². The number of amides is 2. The first-order valence-corrected chi connectivity index (χ1v) is 12.8. The van der Waals surface area contributed by atoms with E-state index < -0.39 is 0 Å². The van der Waals surface area contributed by atoms with E-state index >= 15 is 0 Å². The Hall–Kier alpha value is -3.03. The normalized spacial score (nSPS) is 19.2. The molecular formula is C27H29N3O3S. The van der Waals surface area contributed by atoms with E-state index in [-0.39, 0.29) is 23.8 Å². The molecule has 2 aliphatic heterocycles. The topological polar surface area (TPSA) is 62.7 Å². The minimum absolute atomic E-state index is 0.00265. The van der Waals surface area contributed by atoms with Gasteiger partial charge in [0.1, 0.15) is 0 Å². The van der Waals surface area contributed by atoms with Gasteiger partial charge in [-0.1, -0.05) is 53.8 Å². The number of ether oxygens (including phenoxy) is 1. The van der Waals surface area contributed by atoms with E-state index in [0.29, 0.717) is 32.5 Å². The molecule has 0 spiro atoms. The van der Waals surface area contributed by atoms with E-state index in [4.69, 9.17) is 9.72 Å². The van der Waals surface area contributed by atoms with E-state index in [1.165, 1.54) is 0 Å². The summed E-state index contributed by atoms with van der Waals surface area (Å²) in [6.45, 7) is 2.46. The lowest BCUT2D eigenvalue weighted by Crippen LogP contribution is -2.46. The van der Waals surface area contributed by atoms with Crippen molar-refractivity contribution in [1.29, 1.82) is 0 Å². The number of fused-ring (bicyclic) bond motifs is 1. The van der Waals surface area contributed by atoms with Crippen molar-refractivity contribution in [3.8, 4) is 0 Å². The number of hydrogen-bond acceptors (Lipinski definition) is 5. The highest BCUT2D eigenvalue weighted by Gasteiger charge is 2.33. The van der Waals surface area contributed by atoms with Crippen molar-refractivity contribution in [3.05, 3.63) is 66.2 Å². The molecule has 6 nitrogen and oxygen atoms in total. The van der Waals surface area contributed by atoms with Gasteiger partial charge >= 0.3 is 0 Å². The fourth-order valence-corrected chi connectivity index (χ4v) is 5.61. The van der Waals surface area contributed by atoms with Gasteiger partial charge in [0.05, 0.1) is 22.9 Å². The van der Waals surface area contributed by atoms with Crippen LogP contribution in [0.25, 0.3) is 16.3 Å². The smallest absolute Gasteiger partial charge is 0.246 e. The quantitative estimate of drug-likeness (QED) is 0.482. The minimum Gasteiger partial charge on any atom is -0.376 e. The minimum atomic E-state index is -0.115. The zero-order valence-corrected chi connectivity index (χ0v) is 20.0. The summed E-state index contributed by atoms with van der Waals surface area (Å²) >= 11 is 1.56. The molecule has 2 saturated heterocycles. The Bertz CT molecular complexity index is 1130. The third kappa shape index (κ3) is 5.21. The molecule has 34 heavy (non-hydrogen) atoms. The molecular weight excluding hydrogens is 446 g/mol. The lowest BCUT2D eigenvalue weighted by atomic mass is 9.95. The maximum absolute atomic E-state index is 13.7. The Balaban J connectivity index is 1.25. The van der Waals surface area contributed by atoms with Gasteiger partial charge in [0, 0.05) is 31.7 Å². The summed E-state index contributed by atoms with van der Waals surface area (Å²) in [7, 11) is 0. The summed E-state index contributed by atoms with van der Waals surface area (Å²) in [5.74, 6) is -0.0193. The SMILES string of the molecule is O=C(C=Cc1ccccc1)N1CCC(C(=O)N(CC2CCCO2)c2nc3ccccc3s2)CC1. The van der Waals surface area contributed by atoms with E-state index in [1.807, 2.05) is 70.5 Å². The molecule has 1 atom stereocenters. The van der Waals surface area contributed by atoms with Crippen LogP contribution >= 0.6 is 11.3 Å². The molecule has 3 aromatic rings. The number of benzene rings is 2. The second-order valence-corrected chi connectivity index (χ2v) is 9.90. The molecule has 2 aliphatic rings. The summed E-state index contributed by atoms with van der Waals surface area (Å²) in [5, 5.41) is 0.742. The zero-order chi connectivity index (χ0) is 23.3. The molecule has 0 radical (unpaired) electrons. The lowest BCUT2D eigenvalue weighted by molar-refractivity contribution is -0.131. The highest BCUT2D eigenvalue weighted by atomic mass is 32.1. The van der Waals surface area contributed by atoms with Crippen LogP contribution in [0.5, 0.6) is 0 Å². The molecule has 1 aromatic heterocycles. The molecule has 5 rings (SSSR count). The first kappa shape index (κ1) is 22.7. The van der Waals surface area contributed by atoms with Crippen LogP contribution in [0.2, 0.25) is 0 Å². The maximum atomic E-state index is 13.7. The molecule has 2 amide bonds. The van der Waals surface area contributed by atoms with Crippen molar-refractivity contribution in [2.75, 3.05) is 31.1 Å². The van der Waals surface area contributed by atoms with Crippen molar-refractivity contribution in [1.82, 2.24) is 9.88 Å². The van der Waals surface area contributed by atoms with Crippen LogP contribution < -0.4 is 4.90 Å². The number of rotatable bonds is 6. The average molecular weight is 476 g/mol. The Kier molecular flexibility index (Phi) is 7.02. The van der Waals surface area contributed by atoms with Crippen LogP contribution in [0.15, 0.2) is 60.7 Å². The number of carbonyl (C=O) groups excluding carboxylic acids is 2. The summed E-state index contributed by atoms with van der Waals surface area (Å²) in [5.41, 5.74) is 1.92. The fourth-order valence-electron chi connectivity index (χ4n) is 4.63. The Morgan fingerprint density at radius 2 is 1.82 bits per heavy atom. The Labute approximate surface area is 203 Å². The van der Waals surface area contributed by atoms with Crippen molar-refractivity contribution >= 4 is 44.6 Å². The van der Waals surface area contributed by atoms with Crippen LogP contribution in [-0.2, 0) is 14.3 Å². The van der Waals surface area contributed by atoms with Gasteiger partial charge in [-0.25, -0.2) is 4.98 Å². The standard InChI is InChI=1S/C27H29N3O3S/c31-25(13-12-20-7-2-1-3-8-20)29-16-14-21(15-17-29)26(32)30(19-22-9-6-18-33-22)27-28-23-10-4-5-11-24(23)34-27/h1-5,7-8,10-13,21-22H,6,9,14-19H2. The molecule has 2 fully saturated rings. The summed E-state index contributed by atoms with van der Waals surface area (Å²) in [6.07, 6.45) is 6.85. The van der Waals surface area contributed by atoms with Crippen molar-refractivity contribution in [3.63, 3.8) is 0 Å². The molecule has 3 heterocycles. The number of nitrogens with zero attached hydrogens (tertiary/aromatic N) is 3. The number of piperidine rings is 1. The molecule has 2 aromatic carbocycles. The Morgan fingerprint density at radius 1 is 1.06 bits per heavy atom. The van der Waals surface area contributed by atoms with Crippen molar-refractivity contribution in [2.45, 2.75) is 31.8 Å². The highest BCUT2D eigenvalue weighted by molar-refractivity contribution is 7.22. The second-order valence-electron chi connectivity index (χ2n) is 8.89. The monoisotopic (exact) mass is 475 g/mol. The van der Waals surface area contributed by atoms with E-state index in [2.05, 4.69) is 0 Å². The molecule has 1 unspecified atom stereocenters. The molecule has 0 N–H and O–H groups in total. The molecule has 0 bridgehead atoms. The fraction of sp³-hybridized carbons (Fsp3) is 0.370. The van der Waals surface area contributed by atoms with Crippen LogP contribution in [0.3, 0.4) is 0 Å². The summed E-state index contributed by atoms with van der Waals surface area (Å²) < 4.78 is 6.93. The molecule has 0 saturated carbocycles. The van der Waals surface area contributed by atoms with E-state index in [9.17, 15) is 9.59 Å². The third-order valence-corrected chi connectivity index (χ3v) is 7.62. The predicted octanol–water partition coefficient (Wildman–Crippen LogP) is 4.76. The number of thiazole rings is 1. The van der Waals surface area contributed by atoms with Gasteiger partial charge in [-0.15, -0.1) is 0 Å². The van der Waals surface area contributed by atoms with Crippen LogP contribution in [-0.4, -0.2) is 54.0 Å². The lowest BCUT2D eigenvalue weighted by Gasteiger charge is -2.33. The number of hydrogen-bond donors (Lipinski definition) is 0. The molecule has 176 valence electrons. The second kappa shape index (κ2) is 10.5. The van der Waals surface area contributed by atoms with Crippen LogP contribution in [0.4, 0.5) is 5.13 Å². The largest absolute Gasteiger partial charge is 0.376 e. The number of para-hydroxylation sites is 1. The molecule has 7 heteroatoms. The van der Waals surface area contributed by atoms with Gasteiger partial charge in [-0.3, -0.25) is 14.5 Å². The van der Waals surface area contributed by atoms with Gasteiger partial charge < -0.3 is 9.64 Å². The zero-order valence-electron chi connectivity index (χ0n) is 19.1. The van der Waals surface area contributed by atoms with Crippen molar-refractivity contribution < 1.29 is 14.3 Å². The van der Waals surface area contributed by atoms with Gasteiger partial charge in [-0.05, 0) is 49.5 Å². The summed E-state index contributed by atoms with van der Waals surface area (Å²) in [4.78, 5) is 34.8. The predicted molar refractivity (Wildman–Crippen MR) is 136 cm³/mol. The highest BCUT2D eigenvalue weighted by Crippen LogP contribution is 2.32. The number of carbonyl (C=O) groups is 2. The van der Waals surface area contributed by atoms with Gasteiger partial charge in [0.2, 0.25) is 11.8 Å². The van der Waals surface area contributed by atoms with Gasteiger partial charge in [0.15, 0.2) is 5.13 Å². The molecule has 0 aliphatic carbocycles. The summed E-state index contributed by atoms with van der Waals surface area (Å²) in [6, 6.07) is 17.8. The average Bonchev–Trinajstić information content (AvgIpc) is 3.56. The van der Waals surface area contributed by atoms with Gasteiger partial charge in [-0.2, -0.15) is 0 Å². The third-order valence-electron chi connectivity index (χ3n) is 6.56. The van der Waals surface area contributed by atoms with Crippen LogP contribution in [0.1, 0.15) is 31.2 Å². The number of aromatic nitrogens is 1. The van der Waals surface area contributed by atoms with E-state index in [1.54, 1.807) is 17.4 Å². The number of likely N-dealkylation sites (tertiary alicyclic amines) is 1. The first-order valence-electron chi connectivity index (χ1n) is 12.0. The van der Waals surface area contributed by atoms with E-state index in [0.717, 1.165) is 40.4 Å². The van der Waals surface area contributed by atoms with Crippen molar-refractivity contribution in [2.24, 2.45) is 5.92 Å². The number of anilines is 1. The first-order chi connectivity index (χ1) is 16.7. The maximum Gasteiger partial charge on any atom is 0.246 e.